The standard InChI is InChI=1S/C22H18ClF2NO5S/c1-11(27)4-3-7-30-22(29)20-13(18-14(23)5-2-6-17(18)32-20)10-31-19-15(24)8-12(21(26)28)9-16(19)25/h2,5-6,8-9H,3-4,7,10H2,1H3,(H2,26,28). The fourth-order valence-corrected chi connectivity index (χ4v) is 4.48. The van der Waals surface area contributed by atoms with E-state index in [1.807, 2.05) is 0 Å². The van der Waals surface area contributed by atoms with Crippen LogP contribution in [0.25, 0.3) is 10.1 Å². The second kappa shape index (κ2) is 10.1. The molecular weight excluding hydrogens is 464 g/mol. The number of carbonyl (C=O) groups is 3. The molecule has 2 aromatic carbocycles. The lowest BCUT2D eigenvalue weighted by Gasteiger charge is -2.11. The normalized spacial score (nSPS) is 10.9. The highest BCUT2D eigenvalue weighted by Crippen LogP contribution is 2.37. The fraction of sp³-hybridized carbons (Fsp3) is 0.227. The van der Waals surface area contributed by atoms with E-state index in [4.69, 9.17) is 26.8 Å². The summed E-state index contributed by atoms with van der Waals surface area (Å²) in [4.78, 5) is 35.1. The Balaban J connectivity index is 1.90. The molecule has 0 radical (unpaired) electrons. The van der Waals surface area contributed by atoms with E-state index in [9.17, 15) is 23.2 Å². The average Bonchev–Trinajstić information content (AvgIpc) is 3.10. The third-order valence-corrected chi connectivity index (χ3v) is 5.99. The Hall–Kier alpha value is -3.04. The summed E-state index contributed by atoms with van der Waals surface area (Å²) in [6.45, 7) is 1.10. The minimum absolute atomic E-state index is 0.0183. The van der Waals surface area contributed by atoms with Crippen LogP contribution in [0, 0.1) is 11.6 Å². The topological polar surface area (TPSA) is 95.7 Å². The summed E-state index contributed by atoms with van der Waals surface area (Å²) in [7, 11) is 0. The minimum atomic E-state index is -1.11. The van der Waals surface area contributed by atoms with Gasteiger partial charge in [-0.3, -0.25) is 4.79 Å². The first kappa shape index (κ1) is 23.6. The van der Waals surface area contributed by atoms with Gasteiger partial charge in [-0.05, 0) is 37.6 Å². The smallest absolute Gasteiger partial charge is 0.348 e. The number of carbonyl (C=O) groups excluding carboxylic acids is 3. The van der Waals surface area contributed by atoms with Crippen molar-refractivity contribution in [2.75, 3.05) is 6.61 Å². The van der Waals surface area contributed by atoms with Crippen molar-refractivity contribution in [3.05, 3.63) is 63.0 Å². The zero-order chi connectivity index (χ0) is 23.4. The summed E-state index contributed by atoms with van der Waals surface area (Å²) in [5, 5.41) is 0.836. The highest BCUT2D eigenvalue weighted by atomic mass is 35.5. The van der Waals surface area contributed by atoms with Crippen LogP contribution in [-0.4, -0.2) is 24.3 Å². The minimum Gasteiger partial charge on any atom is -0.483 e. The Morgan fingerprint density at radius 1 is 1.16 bits per heavy atom. The summed E-state index contributed by atoms with van der Waals surface area (Å²) in [5.74, 6) is -4.61. The van der Waals surface area contributed by atoms with Crippen LogP contribution < -0.4 is 10.5 Å². The van der Waals surface area contributed by atoms with Crippen molar-refractivity contribution in [1.82, 2.24) is 0 Å². The maximum Gasteiger partial charge on any atom is 0.348 e. The molecule has 0 saturated heterocycles. The predicted octanol–water partition coefficient (Wildman–Crippen LogP) is 5.04. The lowest BCUT2D eigenvalue weighted by atomic mass is 10.1. The number of benzene rings is 2. The first-order valence-electron chi connectivity index (χ1n) is 9.47. The number of amides is 1. The summed E-state index contributed by atoms with van der Waals surface area (Å²) in [5.41, 5.74) is 5.02. The van der Waals surface area contributed by atoms with Crippen LogP contribution >= 0.6 is 22.9 Å². The largest absolute Gasteiger partial charge is 0.483 e. The monoisotopic (exact) mass is 481 g/mol. The van der Waals surface area contributed by atoms with Crippen molar-refractivity contribution in [2.45, 2.75) is 26.4 Å². The number of thiophene rings is 1. The highest BCUT2D eigenvalue weighted by molar-refractivity contribution is 7.21. The van der Waals surface area contributed by atoms with E-state index < -0.39 is 29.3 Å². The van der Waals surface area contributed by atoms with Crippen LogP contribution in [0.15, 0.2) is 30.3 Å². The number of halogens is 3. The van der Waals surface area contributed by atoms with Gasteiger partial charge in [0.25, 0.3) is 0 Å². The van der Waals surface area contributed by atoms with E-state index in [1.165, 1.54) is 6.92 Å². The quantitative estimate of drug-likeness (QED) is 0.341. The maximum absolute atomic E-state index is 14.3. The lowest BCUT2D eigenvalue weighted by molar-refractivity contribution is -0.117. The molecule has 0 unspecified atom stereocenters. The molecule has 0 aliphatic rings. The van der Waals surface area contributed by atoms with Crippen molar-refractivity contribution in [3.63, 3.8) is 0 Å². The highest BCUT2D eigenvalue weighted by Gasteiger charge is 2.23. The van der Waals surface area contributed by atoms with Crippen LogP contribution in [0.2, 0.25) is 5.02 Å². The number of hydrogen-bond acceptors (Lipinski definition) is 6. The van der Waals surface area contributed by atoms with Crippen molar-refractivity contribution in [3.8, 4) is 5.75 Å². The molecule has 0 aliphatic heterocycles. The van der Waals surface area contributed by atoms with E-state index in [-0.39, 0.29) is 35.9 Å². The van der Waals surface area contributed by atoms with Crippen LogP contribution in [0.4, 0.5) is 8.78 Å². The third kappa shape index (κ3) is 5.23. The number of rotatable bonds is 9. The SMILES string of the molecule is CC(=O)CCCOC(=O)c1sc2cccc(Cl)c2c1COc1c(F)cc(C(N)=O)cc1F. The van der Waals surface area contributed by atoms with Crippen molar-refractivity contribution < 1.29 is 32.6 Å². The van der Waals surface area contributed by atoms with E-state index in [2.05, 4.69) is 0 Å². The number of hydrogen-bond donors (Lipinski definition) is 1. The van der Waals surface area contributed by atoms with Gasteiger partial charge in [-0.25, -0.2) is 13.6 Å². The Bertz CT molecular complexity index is 1190. The van der Waals surface area contributed by atoms with Gasteiger partial charge >= 0.3 is 5.97 Å². The number of primary amides is 1. The first-order chi connectivity index (χ1) is 15.2. The van der Waals surface area contributed by atoms with Gasteiger partial charge in [0.15, 0.2) is 17.4 Å². The van der Waals surface area contributed by atoms with Crippen molar-refractivity contribution in [2.24, 2.45) is 5.73 Å². The first-order valence-corrected chi connectivity index (χ1v) is 10.7. The molecule has 0 aliphatic carbocycles. The van der Waals surface area contributed by atoms with Crippen LogP contribution in [0.3, 0.4) is 0 Å². The van der Waals surface area contributed by atoms with Gasteiger partial charge in [0.2, 0.25) is 5.91 Å². The number of ketones is 1. The number of nitrogens with two attached hydrogens (primary N) is 1. The van der Waals surface area contributed by atoms with Crippen LogP contribution in [-0.2, 0) is 16.1 Å². The predicted molar refractivity (Wildman–Crippen MR) is 116 cm³/mol. The van der Waals surface area contributed by atoms with E-state index in [0.29, 0.717) is 27.1 Å². The van der Waals surface area contributed by atoms with E-state index in [1.54, 1.807) is 18.2 Å². The van der Waals surface area contributed by atoms with Crippen LogP contribution in [0.5, 0.6) is 5.75 Å². The molecule has 6 nitrogen and oxygen atoms in total. The summed E-state index contributed by atoms with van der Waals surface area (Å²) >= 11 is 7.41. The molecule has 168 valence electrons. The molecule has 0 saturated carbocycles. The molecule has 3 rings (SSSR count). The van der Waals surface area contributed by atoms with Gasteiger partial charge in [-0.1, -0.05) is 17.7 Å². The zero-order valence-electron chi connectivity index (χ0n) is 16.9. The summed E-state index contributed by atoms with van der Waals surface area (Å²) in [6, 6.07) is 6.60. The molecule has 1 aromatic heterocycles. The average molecular weight is 482 g/mol. The molecule has 1 heterocycles. The number of esters is 1. The molecule has 2 N–H and O–H groups in total. The van der Waals surface area contributed by atoms with Gasteiger partial charge in [-0.15, -0.1) is 11.3 Å². The summed E-state index contributed by atoms with van der Waals surface area (Å²) < 4.78 is 39.9. The van der Waals surface area contributed by atoms with Crippen LogP contribution in [0.1, 0.15) is 45.4 Å². The summed E-state index contributed by atoms with van der Waals surface area (Å²) in [6.07, 6.45) is 0.655. The molecular formula is C22H18ClF2NO5S. The number of fused-ring (bicyclic) bond motifs is 1. The Morgan fingerprint density at radius 3 is 2.47 bits per heavy atom. The molecule has 32 heavy (non-hydrogen) atoms. The molecule has 0 bridgehead atoms. The molecule has 0 spiro atoms. The molecule has 0 atom stereocenters. The Morgan fingerprint density at radius 2 is 1.84 bits per heavy atom. The number of ether oxygens (including phenoxy) is 2. The van der Waals surface area contributed by atoms with Crippen molar-refractivity contribution in [1.29, 1.82) is 0 Å². The van der Waals surface area contributed by atoms with Crippen molar-refractivity contribution >= 4 is 50.7 Å². The van der Waals surface area contributed by atoms with E-state index in [0.717, 1.165) is 23.5 Å². The van der Waals surface area contributed by atoms with E-state index >= 15 is 0 Å². The van der Waals surface area contributed by atoms with Gasteiger partial charge in [0.05, 0.1) is 6.61 Å². The lowest BCUT2D eigenvalue weighted by Crippen LogP contribution is -2.13. The fourth-order valence-electron chi connectivity index (χ4n) is 3.01. The molecule has 1 amide bonds. The van der Waals surface area contributed by atoms with Gasteiger partial charge in [-0.2, -0.15) is 0 Å². The van der Waals surface area contributed by atoms with Gasteiger partial charge < -0.3 is 20.0 Å². The third-order valence-electron chi connectivity index (χ3n) is 4.50. The van der Waals surface area contributed by atoms with Gasteiger partial charge in [0, 0.05) is 32.7 Å². The molecule has 3 aromatic rings. The Labute approximate surface area is 190 Å². The molecule has 10 heteroatoms. The number of Topliss-reactive ketones (excluding diaryl/α,β-unsaturated/α-hetero) is 1. The Kier molecular flexibility index (Phi) is 7.42. The second-order valence-corrected chi connectivity index (χ2v) is 8.35. The molecule has 0 fully saturated rings. The second-order valence-electron chi connectivity index (χ2n) is 6.89. The van der Waals surface area contributed by atoms with Gasteiger partial charge in [0.1, 0.15) is 17.3 Å². The zero-order valence-corrected chi connectivity index (χ0v) is 18.4. The maximum atomic E-state index is 14.3.